The Morgan fingerprint density at radius 1 is 0.649 bits per heavy atom. The van der Waals surface area contributed by atoms with E-state index in [0.717, 1.165) is 22.9 Å². The van der Waals surface area contributed by atoms with Gasteiger partial charge in [-0.2, -0.15) is 0 Å². The van der Waals surface area contributed by atoms with Gasteiger partial charge in [-0.25, -0.2) is 0 Å². The summed E-state index contributed by atoms with van der Waals surface area (Å²) in [7, 11) is 1.43. The monoisotopic (exact) mass is 566 g/mol. The minimum atomic E-state index is -3.17. The molecule has 5 aromatic rings. The first-order chi connectivity index (χ1) is 18.0. The Balaban J connectivity index is 1.80. The zero-order chi connectivity index (χ0) is 25.7. The molecule has 0 aliphatic rings. The van der Waals surface area contributed by atoms with Crippen LogP contribution in [0.1, 0.15) is 15.9 Å². The van der Waals surface area contributed by atoms with E-state index in [9.17, 15) is 4.79 Å². The van der Waals surface area contributed by atoms with Gasteiger partial charge in [-0.1, -0.05) is 0 Å². The van der Waals surface area contributed by atoms with Gasteiger partial charge in [-0.3, -0.25) is 0 Å². The fourth-order valence-corrected chi connectivity index (χ4v) is 12.8. The predicted octanol–water partition coefficient (Wildman–Crippen LogP) is 7.48. The van der Waals surface area contributed by atoms with Crippen LogP contribution in [-0.4, -0.2) is 13.1 Å². The van der Waals surface area contributed by atoms with E-state index in [1.165, 1.54) is 23.0 Å². The van der Waals surface area contributed by atoms with Crippen molar-refractivity contribution in [3.8, 4) is 11.1 Å². The summed E-state index contributed by atoms with van der Waals surface area (Å²) in [6.45, 7) is 0. The first-order valence-electron chi connectivity index (χ1n) is 12.2. The van der Waals surface area contributed by atoms with Crippen molar-refractivity contribution in [2.75, 3.05) is 7.11 Å². The molecule has 0 spiro atoms. The summed E-state index contributed by atoms with van der Waals surface area (Å²) in [4.78, 5) is 12.7. The third-order valence-corrected chi connectivity index (χ3v) is 16.5. The van der Waals surface area contributed by atoms with Crippen molar-refractivity contribution in [2.45, 2.75) is 6.16 Å². The van der Waals surface area contributed by atoms with Crippen molar-refractivity contribution in [3.63, 3.8) is 0 Å². The number of benzene rings is 5. The van der Waals surface area contributed by atoms with E-state index >= 15 is 0 Å². The third-order valence-electron chi connectivity index (χ3n) is 6.94. The third kappa shape index (κ3) is 4.55. The zero-order valence-corrected chi connectivity index (χ0v) is 23.1. The van der Waals surface area contributed by atoms with Gasteiger partial charge in [0.2, 0.25) is 0 Å². The van der Waals surface area contributed by atoms with Crippen LogP contribution in [0.15, 0.2) is 140 Å². The molecule has 0 heterocycles. The van der Waals surface area contributed by atoms with Crippen LogP contribution in [-0.2, 0) is 10.9 Å². The van der Waals surface area contributed by atoms with Crippen LogP contribution < -0.4 is 15.9 Å². The van der Waals surface area contributed by atoms with Crippen molar-refractivity contribution in [3.05, 3.63) is 151 Å². The number of rotatable bonds is 7. The predicted molar refractivity (Wildman–Crippen MR) is 161 cm³/mol. The molecule has 0 aliphatic carbocycles. The second-order valence-electron chi connectivity index (χ2n) is 9.09. The van der Waals surface area contributed by atoms with E-state index in [-0.39, 0.29) is 5.97 Å². The Morgan fingerprint density at radius 2 is 1.08 bits per heavy atom. The molecule has 0 bridgehead atoms. The summed E-state index contributed by atoms with van der Waals surface area (Å²) < 4.78 is 5.13. The maximum absolute atomic E-state index is 12.7. The van der Waals surface area contributed by atoms with Crippen molar-refractivity contribution < 1.29 is 9.53 Å². The maximum atomic E-state index is 12.7. The summed E-state index contributed by atoms with van der Waals surface area (Å²) in [5, 5.41) is 0.594. The number of hydrogen-bond donors (Lipinski definition) is 0. The molecule has 0 atom stereocenters. The molecule has 0 saturated heterocycles. The second kappa shape index (κ2) is 10.5. The fraction of sp³-hybridized carbons (Fsp3) is 0.0606. The van der Waals surface area contributed by atoms with E-state index < -0.39 is 5.31 Å². The van der Waals surface area contributed by atoms with Crippen LogP contribution in [0.5, 0.6) is 0 Å². The normalized spacial score (nSPS) is 12.3. The fourth-order valence-electron chi connectivity index (χ4n) is 5.11. The van der Waals surface area contributed by atoms with E-state index in [1.54, 1.807) is 0 Å². The molecule has 0 saturated carbocycles. The van der Waals surface area contributed by atoms with Crippen LogP contribution in [0.25, 0.3) is 11.1 Å². The van der Waals surface area contributed by atoms with Crippen molar-refractivity contribution in [1.82, 2.24) is 0 Å². The van der Waals surface area contributed by atoms with Crippen LogP contribution in [0.2, 0.25) is 0 Å². The summed E-state index contributed by atoms with van der Waals surface area (Å²) in [6, 6.07) is 48.4. The Hall–Kier alpha value is -3.52. The van der Waals surface area contributed by atoms with Gasteiger partial charge in [0.1, 0.15) is 0 Å². The van der Waals surface area contributed by atoms with Crippen molar-refractivity contribution >= 4 is 42.7 Å². The van der Waals surface area contributed by atoms with Crippen molar-refractivity contribution in [1.29, 1.82) is 0 Å². The minimum absolute atomic E-state index is 0.337. The molecule has 2 nitrogen and oxygen atoms in total. The molecular weight excluding hydrogens is 539 g/mol. The molecule has 4 heteroatoms. The summed E-state index contributed by atoms with van der Waals surface area (Å²) >= 11 is 4.54. The molecule has 37 heavy (non-hydrogen) atoms. The van der Waals surface area contributed by atoms with Crippen LogP contribution >= 0.6 is 20.8 Å². The number of carbonyl (C=O) groups excluding carboxylic acids is 1. The Morgan fingerprint density at radius 3 is 1.51 bits per heavy atom. The van der Waals surface area contributed by atoms with Gasteiger partial charge in [0, 0.05) is 0 Å². The van der Waals surface area contributed by atoms with Gasteiger partial charge in [0.25, 0.3) is 0 Å². The number of hydrogen-bond acceptors (Lipinski definition) is 2. The van der Waals surface area contributed by atoms with E-state index in [1.807, 2.05) is 36.4 Å². The SMILES string of the molecule is COC(=O)c1ccc(CP(Br)(c2ccccc2)(c2ccccc2)c2ccccc2)cc1-c1ccccc1. The molecule has 5 aromatic carbocycles. The number of methoxy groups -OCH3 is 1. The molecule has 0 unspecified atom stereocenters. The number of carbonyl (C=O) groups is 1. The van der Waals surface area contributed by atoms with Crippen LogP contribution in [0, 0.1) is 0 Å². The first-order valence-corrected chi connectivity index (χ1v) is 16.6. The molecule has 0 radical (unpaired) electrons. The second-order valence-corrected chi connectivity index (χ2v) is 18.0. The van der Waals surface area contributed by atoms with Gasteiger partial charge >= 0.3 is 227 Å². The number of halogens is 1. The van der Waals surface area contributed by atoms with Gasteiger partial charge in [0.15, 0.2) is 0 Å². The van der Waals surface area contributed by atoms with Gasteiger partial charge < -0.3 is 0 Å². The average Bonchev–Trinajstić information content (AvgIpc) is 2.98. The molecule has 0 amide bonds. The molecule has 0 fully saturated rings. The number of esters is 1. The molecule has 0 aromatic heterocycles. The number of ether oxygens (including phenoxy) is 1. The Labute approximate surface area is 226 Å². The molecule has 5 rings (SSSR count). The quantitative estimate of drug-likeness (QED) is 0.151. The molecule has 184 valence electrons. The summed E-state index contributed by atoms with van der Waals surface area (Å²) in [5.41, 5.74) is 3.56. The average molecular weight is 567 g/mol. The van der Waals surface area contributed by atoms with Gasteiger partial charge in [-0.15, -0.1) is 0 Å². The van der Waals surface area contributed by atoms with Crippen LogP contribution in [0.3, 0.4) is 0 Å². The Bertz CT molecular complexity index is 1400. The molecule has 0 aliphatic heterocycles. The first kappa shape index (κ1) is 25.1. The van der Waals surface area contributed by atoms with E-state index in [4.69, 9.17) is 4.74 Å². The van der Waals surface area contributed by atoms with E-state index in [2.05, 4.69) is 119 Å². The summed E-state index contributed by atoms with van der Waals surface area (Å²) in [6.07, 6.45) is 0.741. The van der Waals surface area contributed by atoms with Gasteiger partial charge in [-0.05, 0) is 0 Å². The van der Waals surface area contributed by atoms with E-state index in [0.29, 0.717) is 5.56 Å². The Kier molecular flexibility index (Phi) is 7.11. The van der Waals surface area contributed by atoms with Crippen molar-refractivity contribution in [2.24, 2.45) is 0 Å². The molecule has 0 N–H and O–H groups in total. The standard InChI is InChI=1S/C33H28BrO2P/c1-36-33(35)31-23-22-26(24-32(31)27-14-6-2-7-15-27)25-37(34,28-16-8-3-9-17-28,29-18-10-4-11-19-29)30-20-12-5-13-21-30/h2-24H,25H2,1H3. The molecular formula is C33H28BrO2P. The van der Waals surface area contributed by atoms with Gasteiger partial charge in [0.05, 0.1) is 0 Å². The zero-order valence-electron chi connectivity index (χ0n) is 20.6. The topological polar surface area (TPSA) is 26.3 Å². The van der Waals surface area contributed by atoms with Crippen LogP contribution in [0.4, 0.5) is 0 Å². The summed E-state index contributed by atoms with van der Waals surface area (Å²) in [5.74, 6) is -0.337.